The highest BCUT2D eigenvalue weighted by molar-refractivity contribution is 5.83. The quantitative estimate of drug-likeness (QED) is 0.660. The second-order valence-electron chi connectivity index (χ2n) is 8.53. The molecule has 1 aliphatic heterocycles. The zero-order chi connectivity index (χ0) is 21.7. The molecule has 162 valence electrons. The maximum atomic E-state index is 11.6. The number of hydrogen-bond donors (Lipinski definition) is 1. The summed E-state index contributed by atoms with van der Waals surface area (Å²) in [5.74, 6) is -0.187. The van der Waals surface area contributed by atoms with Crippen molar-refractivity contribution in [1.29, 1.82) is 0 Å². The number of aliphatic carboxylic acids is 1. The Morgan fingerprint density at radius 3 is 2.50 bits per heavy atom. The highest BCUT2D eigenvalue weighted by atomic mass is 16.5. The number of hydrogen-bond acceptors (Lipinski definition) is 6. The third-order valence-corrected chi connectivity index (χ3v) is 5.69. The van der Waals surface area contributed by atoms with Crippen LogP contribution in [-0.2, 0) is 16.0 Å². The molecule has 0 atom stereocenters. The first-order valence-corrected chi connectivity index (χ1v) is 10.3. The van der Waals surface area contributed by atoms with Crippen molar-refractivity contribution in [2.45, 2.75) is 40.0 Å². The summed E-state index contributed by atoms with van der Waals surface area (Å²) in [5, 5.41) is 9.51. The molecular weight excluding hydrogens is 382 g/mol. The van der Waals surface area contributed by atoms with Gasteiger partial charge in [0, 0.05) is 43.2 Å². The number of carboxylic acid groups (broad SMARTS) is 1. The first-order valence-electron chi connectivity index (χ1n) is 10.3. The van der Waals surface area contributed by atoms with E-state index in [1.54, 1.807) is 13.3 Å². The average molecular weight is 414 g/mol. The molecule has 0 spiro atoms. The van der Waals surface area contributed by atoms with E-state index in [1.165, 1.54) is 0 Å². The van der Waals surface area contributed by atoms with Gasteiger partial charge in [-0.05, 0) is 37.3 Å². The van der Waals surface area contributed by atoms with Crippen LogP contribution in [0.5, 0.6) is 5.75 Å². The average Bonchev–Trinajstić information content (AvgIpc) is 2.70. The lowest BCUT2D eigenvalue weighted by Gasteiger charge is -2.40. The van der Waals surface area contributed by atoms with E-state index in [4.69, 9.17) is 9.47 Å². The van der Waals surface area contributed by atoms with E-state index in [0.717, 1.165) is 54.1 Å². The molecule has 1 fully saturated rings. The summed E-state index contributed by atoms with van der Waals surface area (Å²) in [4.78, 5) is 23.0. The maximum Gasteiger partial charge on any atom is 0.307 e. The Balaban J connectivity index is 1.98. The van der Waals surface area contributed by atoms with Crippen molar-refractivity contribution in [3.63, 3.8) is 0 Å². The number of aryl methyl sites for hydroxylation is 1. The van der Waals surface area contributed by atoms with Crippen LogP contribution < -0.4 is 9.64 Å². The topological polar surface area (TPSA) is 84.8 Å². The predicted molar refractivity (Wildman–Crippen MR) is 116 cm³/mol. The minimum atomic E-state index is -0.856. The summed E-state index contributed by atoms with van der Waals surface area (Å²) in [7, 11) is 1.63. The smallest absolute Gasteiger partial charge is 0.307 e. The minimum absolute atomic E-state index is 0.0554. The van der Waals surface area contributed by atoms with E-state index >= 15 is 0 Å². The van der Waals surface area contributed by atoms with Gasteiger partial charge >= 0.3 is 5.97 Å². The van der Waals surface area contributed by atoms with Gasteiger partial charge < -0.3 is 19.5 Å². The van der Waals surface area contributed by atoms with Gasteiger partial charge in [0.15, 0.2) is 0 Å². The molecule has 1 aliphatic rings. The van der Waals surface area contributed by atoms with Crippen molar-refractivity contribution in [3.8, 4) is 17.0 Å². The number of carbonyl (C=O) groups is 1. The van der Waals surface area contributed by atoms with Gasteiger partial charge in [-0.1, -0.05) is 13.8 Å². The highest BCUT2D eigenvalue weighted by Gasteiger charge is 2.29. The number of anilines is 1. The fraction of sp³-hybridized carbons (Fsp3) is 0.522. The molecule has 3 heterocycles. The summed E-state index contributed by atoms with van der Waals surface area (Å²) in [6.45, 7) is 9.18. The molecular formula is C23H31N3O4. The van der Waals surface area contributed by atoms with Crippen molar-refractivity contribution < 1.29 is 19.4 Å². The summed E-state index contributed by atoms with van der Waals surface area (Å²) < 4.78 is 10.6. The van der Waals surface area contributed by atoms with Crippen molar-refractivity contribution in [2.75, 3.05) is 38.3 Å². The van der Waals surface area contributed by atoms with E-state index in [9.17, 15) is 9.90 Å². The first kappa shape index (κ1) is 22.0. The van der Waals surface area contributed by atoms with Gasteiger partial charge in [0.25, 0.3) is 0 Å². The second kappa shape index (κ2) is 9.43. The number of aromatic nitrogens is 2. The molecule has 7 heteroatoms. The number of ether oxygens (including phenoxy) is 2. The van der Waals surface area contributed by atoms with Crippen LogP contribution in [0.15, 0.2) is 24.5 Å². The van der Waals surface area contributed by atoms with Gasteiger partial charge in [-0.2, -0.15) is 0 Å². The van der Waals surface area contributed by atoms with Crippen LogP contribution in [0.4, 0.5) is 5.69 Å². The normalized spacial score (nSPS) is 15.8. The molecule has 0 radical (unpaired) electrons. The van der Waals surface area contributed by atoms with Crippen molar-refractivity contribution in [2.24, 2.45) is 5.41 Å². The van der Waals surface area contributed by atoms with Crippen LogP contribution in [-0.4, -0.2) is 54.5 Å². The van der Waals surface area contributed by atoms with Crippen LogP contribution in [0.3, 0.4) is 0 Å². The molecule has 0 unspecified atom stereocenters. The van der Waals surface area contributed by atoms with Gasteiger partial charge in [0.2, 0.25) is 0 Å². The van der Waals surface area contributed by atoms with Crippen LogP contribution in [0.2, 0.25) is 0 Å². The van der Waals surface area contributed by atoms with E-state index < -0.39 is 5.97 Å². The summed E-state index contributed by atoms with van der Waals surface area (Å²) in [5.41, 5.74) is 4.38. The van der Waals surface area contributed by atoms with Crippen molar-refractivity contribution >= 4 is 11.7 Å². The SMILES string of the molecule is COCCOc1ccc(-c2cnc(C)c(CC(=O)O)c2N2CCC(C)(C)CC2)nc1. The minimum Gasteiger partial charge on any atom is -0.490 e. The number of rotatable bonds is 8. The monoisotopic (exact) mass is 413 g/mol. The fourth-order valence-electron chi connectivity index (χ4n) is 3.75. The Bertz CT molecular complexity index is 871. The molecule has 0 aliphatic carbocycles. The third-order valence-electron chi connectivity index (χ3n) is 5.69. The van der Waals surface area contributed by atoms with Gasteiger partial charge in [-0.25, -0.2) is 0 Å². The summed E-state index contributed by atoms with van der Waals surface area (Å²) in [6.07, 6.45) is 5.55. The molecule has 3 rings (SSSR count). The number of carboxylic acids is 1. The Morgan fingerprint density at radius 1 is 1.17 bits per heavy atom. The molecule has 30 heavy (non-hydrogen) atoms. The Labute approximate surface area is 178 Å². The highest BCUT2D eigenvalue weighted by Crippen LogP contribution is 2.39. The van der Waals surface area contributed by atoms with Crippen LogP contribution >= 0.6 is 0 Å². The molecule has 1 saturated heterocycles. The summed E-state index contributed by atoms with van der Waals surface area (Å²) >= 11 is 0. The third kappa shape index (κ3) is 5.27. The lowest BCUT2D eigenvalue weighted by atomic mass is 9.82. The van der Waals surface area contributed by atoms with Gasteiger partial charge in [0.05, 0.1) is 30.6 Å². The molecule has 0 saturated carbocycles. The van der Waals surface area contributed by atoms with E-state index in [-0.39, 0.29) is 6.42 Å². The second-order valence-corrected chi connectivity index (χ2v) is 8.53. The molecule has 0 bridgehead atoms. The van der Waals surface area contributed by atoms with Crippen LogP contribution in [0.1, 0.15) is 37.9 Å². The largest absolute Gasteiger partial charge is 0.490 e. The van der Waals surface area contributed by atoms with Gasteiger partial charge in [-0.15, -0.1) is 0 Å². The molecule has 7 nitrogen and oxygen atoms in total. The van der Waals surface area contributed by atoms with Crippen LogP contribution in [0.25, 0.3) is 11.3 Å². The van der Waals surface area contributed by atoms with Gasteiger partial charge in [0.1, 0.15) is 12.4 Å². The zero-order valence-electron chi connectivity index (χ0n) is 18.3. The summed E-state index contributed by atoms with van der Waals surface area (Å²) in [6, 6.07) is 3.77. The van der Waals surface area contributed by atoms with Crippen LogP contribution in [0, 0.1) is 12.3 Å². The fourth-order valence-corrected chi connectivity index (χ4v) is 3.75. The Morgan fingerprint density at radius 2 is 1.90 bits per heavy atom. The number of methoxy groups -OCH3 is 1. The first-order chi connectivity index (χ1) is 14.3. The number of nitrogens with zero attached hydrogens (tertiary/aromatic N) is 3. The van der Waals surface area contributed by atoms with Gasteiger partial charge in [-0.3, -0.25) is 14.8 Å². The zero-order valence-corrected chi connectivity index (χ0v) is 18.3. The molecule has 2 aromatic rings. The molecule has 1 N–H and O–H groups in total. The van der Waals surface area contributed by atoms with E-state index in [1.807, 2.05) is 25.3 Å². The number of pyridine rings is 2. The van der Waals surface area contributed by atoms with Crippen molar-refractivity contribution in [3.05, 3.63) is 35.8 Å². The standard InChI is InChI=1S/C23H31N3O4/c1-16-18(13-21(27)28)22(26-9-7-23(2,3)8-10-26)19(15-24-16)20-6-5-17(14-25-20)30-12-11-29-4/h5-6,14-15H,7-13H2,1-4H3,(H,27,28). The molecule has 0 amide bonds. The number of piperidine rings is 1. The maximum absolute atomic E-state index is 11.6. The predicted octanol–water partition coefficient (Wildman–Crippen LogP) is 3.73. The molecule has 2 aromatic heterocycles. The lowest BCUT2D eigenvalue weighted by Crippen LogP contribution is -2.38. The Kier molecular flexibility index (Phi) is 6.92. The molecule has 0 aromatic carbocycles. The van der Waals surface area contributed by atoms with E-state index in [2.05, 4.69) is 28.7 Å². The Hall–Kier alpha value is -2.67. The van der Waals surface area contributed by atoms with Crippen molar-refractivity contribution in [1.82, 2.24) is 9.97 Å². The van der Waals surface area contributed by atoms with E-state index in [0.29, 0.717) is 24.4 Å². The lowest BCUT2D eigenvalue weighted by molar-refractivity contribution is -0.136.